The molecule has 0 aromatic heterocycles. The summed E-state index contributed by atoms with van der Waals surface area (Å²) in [6, 6.07) is 4.65. The van der Waals surface area contributed by atoms with E-state index in [2.05, 4.69) is 20.7 Å². The summed E-state index contributed by atoms with van der Waals surface area (Å²) in [5, 5.41) is 0. The number of nitrogens with one attached hydrogen (secondary N) is 1. The Kier molecular flexibility index (Phi) is 5.53. The van der Waals surface area contributed by atoms with E-state index in [0.29, 0.717) is 15.7 Å². The van der Waals surface area contributed by atoms with E-state index in [1.165, 1.54) is 6.07 Å². The predicted octanol–water partition coefficient (Wildman–Crippen LogP) is 0.870. The van der Waals surface area contributed by atoms with Gasteiger partial charge in [-0.25, -0.2) is 16.8 Å². The Morgan fingerprint density at radius 2 is 1.90 bits per heavy atom. The van der Waals surface area contributed by atoms with Gasteiger partial charge in [-0.3, -0.25) is 4.72 Å². The molecule has 0 aliphatic carbocycles. The number of thiocarbonyl (C=S) groups is 1. The fourth-order valence-corrected chi connectivity index (χ4v) is 4.67. The van der Waals surface area contributed by atoms with Crippen molar-refractivity contribution in [3.63, 3.8) is 0 Å². The summed E-state index contributed by atoms with van der Waals surface area (Å²) in [5.41, 5.74) is 6.34. The maximum atomic E-state index is 11.8. The summed E-state index contributed by atoms with van der Waals surface area (Å²) in [4.78, 5) is 0.192. The molecule has 1 aromatic carbocycles. The molecule has 10 heteroatoms. The van der Waals surface area contributed by atoms with E-state index >= 15 is 0 Å². The van der Waals surface area contributed by atoms with Crippen LogP contribution in [-0.2, 0) is 19.9 Å². The van der Waals surface area contributed by atoms with Crippen molar-refractivity contribution in [3.05, 3.63) is 28.2 Å². The molecule has 0 unspecified atom stereocenters. The molecular weight excluding hydrogens is 388 g/mol. The fraction of sp³-hybridized carbons (Fsp3) is 0.300. The molecule has 1 aromatic rings. The highest BCUT2D eigenvalue weighted by Crippen LogP contribution is 2.24. The summed E-state index contributed by atoms with van der Waals surface area (Å²) in [6.07, 6.45) is 0.982. The third kappa shape index (κ3) is 5.73. The molecule has 0 spiro atoms. The summed E-state index contributed by atoms with van der Waals surface area (Å²) in [5.74, 6) is -0.944. The molecule has 0 atom stereocenters. The second-order valence-electron chi connectivity index (χ2n) is 4.11. The maximum Gasteiger partial charge on any atom is 0.233 e. The van der Waals surface area contributed by atoms with Crippen LogP contribution in [0.5, 0.6) is 0 Å². The van der Waals surface area contributed by atoms with Crippen molar-refractivity contribution in [2.75, 3.05) is 22.5 Å². The SMILES string of the molecule is CS(=O)(=O)CCS(=O)(=O)Nc1ccc(C(N)=S)cc1Br. The summed E-state index contributed by atoms with van der Waals surface area (Å²) >= 11 is 8.01. The fourth-order valence-electron chi connectivity index (χ4n) is 1.23. The van der Waals surface area contributed by atoms with Crippen LogP contribution < -0.4 is 10.5 Å². The molecule has 20 heavy (non-hydrogen) atoms. The molecule has 0 saturated heterocycles. The molecule has 0 saturated carbocycles. The van der Waals surface area contributed by atoms with Gasteiger partial charge in [0.25, 0.3) is 0 Å². The van der Waals surface area contributed by atoms with Gasteiger partial charge in [0.15, 0.2) is 0 Å². The first-order valence-electron chi connectivity index (χ1n) is 5.28. The Bertz CT molecular complexity index is 729. The molecule has 0 bridgehead atoms. The molecule has 112 valence electrons. The monoisotopic (exact) mass is 400 g/mol. The van der Waals surface area contributed by atoms with Gasteiger partial charge in [-0.05, 0) is 34.1 Å². The largest absolute Gasteiger partial charge is 0.389 e. The summed E-state index contributed by atoms with van der Waals surface area (Å²) in [6.45, 7) is 0. The van der Waals surface area contributed by atoms with Crippen LogP contribution in [0.1, 0.15) is 5.56 Å². The second kappa shape index (κ2) is 6.37. The van der Waals surface area contributed by atoms with Gasteiger partial charge in [-0.2, -0.15) is 0 Å². The van der Waals surface area contributed by atoms with Crippen LogP contribution in [0.2, 0.25) is 0 Å². The number of sulfone groups is 1. The van der Waals surface area contributed by atoms with Crippen LogP contribution in [-0.4, -0.2) is 39.6 Å². The average Bonchev–Trinajstić information content (AvgIpc) is 2.28. The number of hydrogen-bond donors (Lipinski definition) is 2. The number of benzene rings is 1. The number of anilines is 1. The molecule has 6 nitrogen and oxygen atoms in total. The quantitative estimate of drug-likeness (QED) is 0.686. The van der Waals surface area contributed by atoms with Crippen molar-refractivity contribution in [3.8, 4) is 0 Å². The maximum absolute atomic E-state index is 11.8. The van der Waals surface area contributed by atoms with Crippen LogP contribution in [0.4, 0.5) is 5.69 Å². The highest BCUT2D eigenvalue weighted by molar-refractivity contribution is 9.10. The first-order chi connectivity index (χ1) is 9.00. The van der Waals surface area contributed by atoms with Crippen molar-refractivity contribution < 1.29 is 16.8 Å². The first kappa shape index (κ1) is 17.3. The topological polar surface area (TPSA) is 106 Å². The lowest BCUT2D eigenvalue weighted by atomic mass is 10.2. The van der Waals surface area contributed by atoms with Gasteiger partial charge in [-0.1, -0.05) is 12.2 Å². The Labute approximate surface area is 131 Å². The van der Waals surface area contributed by atoms with E-state index < -0.39 is 31.4 Å². The molecule has 0 aliphatic rings. The van der Waals surface area contributed by atoms with Gasteiger partial charge in [0, 0.05) is 16.3 Å². The van der Waals surface area contributed by atoms with Gasteiger partial charge in [0.2, 0.25) is 10.0 Å². The van der Waals surface area contributed by atoms with E-state index in [1.54, 1.807) is 12.1 Å². The normalized spacial score (nSPS) is 12.1. The Morgan fingerprint density at radius 3 is 2.35 bits per heavy atom. The number of nitrogens with two attached hydrogens (primary N) is 1. The first-order valence-corrected chi connectivity index (χ1v) is 10.2. The van der Waals surface area contributed by atoms with Gasteiger partial charge in [0.05, 0.1) is 17.2 Å². The molecule has 3 N–H and O–H groups in total. The Hall–Kier alpha value is -0.710. The van der Waals surface area contributed by atoms with E-state index in [0.717, 1.165) is 6.26 Å². The van der Waals surface area contributed by atoms with E-state index in [-0.39, 0.29) is 4.99 Å². The van der Waals surface area contributed by atoms with Crippen molar-refractivity contribution in [2.45, 2.75) is 0 Å². The zero-order valence-corrected chi connectivity index (χ0v) is 14.5. The van der Waals surface area contributed by atoms with Crippen molar-refractivity contribution in [1.29, 1.82) is 0 Å². The zero-order chi connectivity index (χ0) is 15.6. The van der Waals surface area contributed by atoms with Crippen LogP contribution in [0.15, 0.2) is 22.7 Å². The molecular formula is C10H13BrN2O4S3. The standard InChI is InChI=1S/C10H13BrN2O4S3/c1-19(14,15)4-5-20(16,17)13-9-3-2-7(10(12)18)6-8(9)11/h2-3,6,13H,4-5H2,1H3,(H2,12,18). The third-order valence-electron chi connectivity index (χ3n) is 2.24. The van der Waals surface area contributed by atoms with Crippen LogP contribution >= 0.6 is 28.1 Å². The molecule has 0 radical (unpaired) electrons. The molecule has 0 aliphatic heterocycles. The predicted molar refractivity (Wildman–Crippen MR) is 87.1 cm³/mol. The second-order valence-corrected chi connectivity index (χ2v) is 9.51. The van der Waals surface area contributed by atoms with E-state index in [1.807, 2.05) is 0 Å². The lowest BCUT2D eigenvalue weighted by molar-refractivity contribution is 0.593. The van der Waals surface area contributed by atoms with E-state index in [9.17, 15) is 16.8 Å². The molecule has 0 heterocycles. The molecule has 0 amide bonds. The highest BCUT2D eigenvalue weighted by Gasteiger charge is 2.16. The third-order valence-corrected chi connectivity index (χ3v) is 5.61. The van der Waals surface area contributed by atoms with Gasteiger partial charge in [0.1, 0.15) is 14.8 Å². The Balaban J connectivity index is 2.90. The van der Waals surface area contributed by atoms with Crippen LogP contribution in [0.25, 0.3) is 0 Å². The minimum Gasteiger partial charge on any atom is -0.389 e. The van der Waals surface area contributed by atoms with Crippen molar-refractivity contribution >= 4 is 58.7 Å². The molecule has 1 rings (SSSR count). The number of hydrogen-bond acceptors (Lipinski definition) is 5. The van der Waals surface area contributed by atoms with Gasteiger partial charge in [-0.15, -0.1) is 0 Å². The highest BCUT2D eigenvalue weighted by atomic mass is 79.9. The minimum absolute atomic E-state index is 0.192. The van der Waals surface area contributed by atoms with Gasteiger partial charge >= 0.3 is 0 Å². The smallest absolute Gasteiger partial charge is 0.233 e. The lowest BCUT2D eigenvalue weighted by Gasteiger charge is -2.10. The van der Waals surface area contributed by atoms with E-state index in [4.69, 9.17) is 18.0 Å². The van der Waals surface area contributed by atoms with Crippen molar-refractivity contribution in [2.24, 2.45) is 5.73 Å². The number of halogens is 1. The number of rotatable bonds is 6. The minimum atomic E-state index is -3.75. The van der Waals surface area contributed by atoms with Crippen LogP contribution in [0.3, 0.4) is 0 Å². The van der Waals surface area contributed by atoms with Gasteiger partial charge < -0.3 is 5.73 Å². The lowest BCUT2D eigenvalue weighted by Crippen LogP contribution is -2.22. The summed E-state index contributed by atoms with van der Waals surface area (Å²) in [7, 11) is -7.09. The average molecular weight is 401 g/mol. The zero-order valence-electron chi connectivity index (χ0n) is 10.5. The number of sulfonamides is 1. The van der Waals surface area contributed by atoms with Crippen molar-refractivity contribution in [1.82, 2.24) is 0 Å². The Morgan fingerprint density at radius 1 is 1.30 bits per heavy atom. The summed E-state index contributed by atoms with van der Waals surface area (Å²) < 4.78 is 48.3. The van der Waals surface area contributed by atoms with Crippen LogP contribution in [0, 0.1) is 0 Å². The molecule has 0 fully saturated rings.